The van der Waals surface area contributed by atoms with E-state index in [-0.39, 0.29) is 4.90 Å². The zero-order valence-corrected chi connectivity index (χ0v) is 15.1. The molecule has 1 atom stereocenters. The fraction of sp³-hybridized carbons (Fsp3) is 0.467. The molecule has 24 heavy (non-hydrogen) atoms. The molecule has 2 aromatic rings. The first-order valence-corrected chi connectivity index (χ1v) is 10.0. The van der Waals surface area contributed by atoms with Crippen molar-refractivity contribution in [1.29, 1.82) is 0 Å². The maximum Gasteiger partial charge on any atom is 0.267 e. The number of piperidine rings is 1. The summed E-state index contributed by atoms with van der Waals surface area (Å²) in [5.41, 5.74) is 0. The number of hydrogen-bond acceptors (Lipinski definition) is 6. The van der Waals surface area contributed by atoms with Gasteiger partial charge in [-0.15, -0.1) is 11.3 Å². The molecule has 0 unspecified atom stereocenters. The Morgan fingerprint density at radius 1 is 1.46 bits per heavy atom. The normalized spacial score (nSPS) is 19.3. The third kappa shape index (κ3) is 3.52. The predicted octanol–water partition coefficient (Wildman–Crippen LogP) is 2.72. The van der Waals surface area contributed by atoms with Gasteiger partial charge in [0, 0.05) is 24.5 Å². The van der Waals surface area contributed by atoms with Crippen LogP contribution in [-0.4, -0.2) is 36.9 Å². The molecule has 1 amide bonds. The van der Waals surface area contributed by atoms with Crippen LogP contribution in [0.5, 0.6) is 0 Å². The van der Waals surface area contributed by atoms with Crippen molar-refractivity contribution >= 4 is 33.1 Å². The average molecular weight is 369 g/mol. The van der Waals surface area contributed by atoms with Crippen LogP contribution < -0.4 is 5.32 Å². The second kappa shape index (κ2) is 6.66. The molecule has 0 saturated carbocycles. The molecule has 1 aliphatic heterocycles. The van der Waals surface area contributed by atoms with E-state index in [0.717, 1.165) is 24.2 Å². The van der Waals surface area contributed by atoms with Gasteiger partial charge in [-0.05, 0) is 31.7 Å². The SMILES string of the molecule is Cc1cc(NC(=O)c2cc(S(=O)(=O)N3CCC[C@H](C)C3)cs2)no1. The van der Waals surface area contributed by atoms with E-state index in [1.807, 2.05) is 6.92 Å². The number of amides is 1. The first-order chi connectivity index (χ1) is 11.4. The van der Waals surface area contributed by atoms with Crippen molar-refractivity contribution < 1.29 is 17.7 Å². The molecule has 7 nitrogen and oxygen atoms in total. The van der Waals surface area contributed by atoms with Crippen LogP contribution in [0.4, 0.5) is 5.82 Å². The zero-order chi connectivity index (χ0) is 17.3. The number of carbonyl (C=O) groups is 1. The Labute approximate surface area is 144 Å². The molecule has 0 spiro atoms. The van der Waals surface area contributed by atoms with Crippen LogP contribution in [0.1, 0.15) is 35.2 Å². The monoisotopic (exact) mass is 369 g/mol. The molecule has 1 fully saturated rings. The topological polar surface area (TPSA) is 92.5 Å². The molecule has 1 aliphatic rings. The molecule has 0 aromatic carbocycles. The van der Waals surface area contributed by atoms with Crippen molar-refractivity contribution in [3.05, 3.63) is 28.2 Å². The molecule has 130 valence electrons. The second-order valence-electron chi connectivity index (χ2n) is 6.03. The van der Waals surface area contributed by atoms with Gasteiger partial charge in [-0.25, -0.2) is 8.42 Å². The van der Waals surface area contributed by atoms with Gasteiger partial charge in [-0.1, -0.05) is 12.1 Å². The number of aromatic nitrogens is 1. The molecule has 1 saturated heterocycles. The van der Waals surface area contributed by atoms with Gasteiger partial charge >= 0.3 is 0 Å². The number of hydrogen-bond donors (Lipinski definition) is 1. The fourth-order valence-corrected chi connectivity index (χ4v) is 5.44. The molecule has 2 aromatic heterocycles. The van der Waals surface area contributed by atoms with E-state index in [0.29, 0.717) is 35.5 Å². The van der Waals surface area contributed by atoms with Gasteiger partial charge < -0.3 is 9.84 Å². The molecular weight excluding hydrogens is 350 g/mol. The maximum absolute atomic E-state index is 12.7. The number of rotatable bonds is 4. The van der Waals surface area contributed by atoms with Crippen LogP contribution in [0.15, 0.2) is 26.9 Å². The summed E-state index contributed by atoms with van der Waals surface area (Å²) in [5.74, 6) is 0.839. The van der Waals surface area contributed by atoms with Crippen LogP contribution in [0.2, 0.25) is 0 Å². The van der Waals surface area contributed by atoms with Crippen LogP contribution in [0.3, 0.4) is 0 Å². The smallest absolute Gasteiger partial charge is 0.267 e. The van der Waals surface area contributed by atoms with E-state index in [1.165, 1.54) is 15.8 Å². The van der Waals surface area contributed by atoms with Crippen molar-refractivity contribution in [1.82, 2.24) is 9.46 Å². The van der Waals surface area contributed by atoms with E-state index < -0.39 is 15.9 Å². The number of aryl methyl sites for hydroxylation is 1. The first-order valence-electron chi connectivity index (χ1n) is 7.69. The lowest BCUT2D eigenvalue weighted by atomic mass is 10.0. The summed E-state index contributed by atoms with van der Waals surface area (Å²) in [5, 5.41) is 7.79. The second-order valence-corrected chi connectivity index (χ2v) is 8.88. The Morgan fingerprint density at radius 2 is 2.25 bits per heavy atom. The summed E-state index contributed by atoms with van der Waals surface area (Å²) in [6.07, 6.45) is 1.91. The number of sulfonamides is 1. The molecule has 9 heteroatoms. The first kappa shape index (κ1) is 17.1. The van der Waals surface area contributed by atoms with Crippen molar-refractivity contribution in [2.24, 2.45) is 5.92 Å². The quantitative estimate of drug-likeness (QED) is 0.894. The summed E-state index contributed by atoms with van der Waals surface area (Å²) >= 11 is 1.10. The van der Waals surface area contributed by atoms with E-state index in [2.05, 4.69) is 10.5 Å². The minimum atomic E-state index is -3.55. The summed E-state index contributed by atoms with van der Waals surface area (Å²) in [6, 6.07) is 3.01. The molecule has 3 heterocycles. The van der Waals surface area contributed by atoms with E-state index in [4.69, 9.17) is 4.52 Å². The van der Waals surface area contributed by atoms with Gasteiger partial charge in [0.2, 0.25) is 10.0 Å². The lowest BCUT2D eigenvalue weighted by molar-refractivity contribution is 0.102. The summed E-state index contributed by atoms with van der Waals surface area (Å²) < 4.78 is 31.8. The highest BCUT2D eigenvalue weighted by molar-refractivity contribution is 7.89. The number of anilines is 1. The number of nitrogens with one attached hydrogen (secondary N) is 1. The van der Waals surface area contributed by atoms with Crippen molar-refractivity contribution in [3.8, 4) is 0 Å². The van der Waals surface area contributed by atoms with Crippen molar-refractivity contribution in [2.75, 3.05) is 18.4 Å². The van der Waals surface area contributed by atoms with Crippen molar-refractivity contribution in [2.45, 2.75) is 31.6 Å². The van der Waals surface area contributed by atoms with Crippen molar-refractivity contribution in [3.63, 3.8) is 0 Å². The Bertz CT molecular complexity index is 841. The van der Waals surface area contributed by atoms with Gasteiger partial charge in [-0.2, -0.15) is 4.31 Å². The third-order valence-electron chi connectivity index (χ3n) is 3.93. The van der Waals surface area contributed by atoms with Gasteiger partial charge in [0.25, 0.3) is 5.91 Å². The average Bonchev–Trinajstić information content (AvgIpc) is 3.17. The zero-order valence-electron chi connectivity index (χ0n) is 13.5. The van der Waals surface area contributed by atoms with E-state index in [1.54, 1.807) is 13.0 Å². The molecule has 3 rings (SSSR count). The van der Waals surface area contributed by atoms with E-state index in [9.17, 15) is 13.2 Å². The number of nitrogens with zero attached hydrogens (tertiary/aromatic N) is 2. The molecule has 0 bridgehead atoms. The Hall–Kier alpha value is -1.71. The van der Waals surface area contributed by atoms with Crippen LogP contribution in [0, 0.1) is 12.8 Å². The summed E-state index contributed by atoms with van der Waals surface area (Å²) in [6.45, 7) is 4.83. The van der Waals surface area contributed by atoms with Crippen LogP contribution >= 0.6 is 11.3 Å². The van der Waals surface area contributed by atoms with E-state index >= 15 is 0 Å². The Morgan fingerprint density at radius 3 is 2.92 bits per heavy atom. The van der Waals surface area contributed by atoms with Crippen LogP contribution in [-0.2, 0) is 10.0 Å². The minimum absolute atomic E-state index is 0.170. The van der Waals surface area contributed by atoms with Gasteiger partial charge in [0.1, 0.15) is 5.76 Å². The van der Waals surface area contributed by atoms with Gasteiger partial charge in [-0.3, -0.25) is 4.79 Å². The summed E-state index contributed by atoms with van der Waals surface area (Å²) in [7, 11) is -3.55. The summed E-state index contributed by atoms with van der Waals surface area (Å²) in [4.78, 5) is 12.7. The largest absolute Gasteiger partial charge is 0.360 e. The van der Waals surface area contributed by atoms with Gasteiger partial charge in [0.15, 0.2) is 5.82 Å². The third-order valence-corrected chi connectivity index (χ3v) is 6.85. The minimum Gasteiger partial charge on any atom is -0.360 e. The Kier molecular flexibility index (Phi) is 4.75. The molecule has 0 radical (unpaired) electrons. The molecule has 1 N–H and O–H groups in total. The lowest BCUT2D eigenvalue weighted by Crippen LogP contribution is -2.38. The number of thiophene rings is 1. The fourth-order valence-electron chi connectivity index (χ4n) is 2.69. The number of carbonyl (C=O) groups excluding carboxylic acids is 1. The standard InChI is InChI=1S/C15H19N3O4S2/c1-10-4-3-5-18(8-10)24(20,21)12-7-13(23-9-12)15(19)16-14-6-11(2)22-17-14/h6-7,9-10H,3-5,8H2,1-2H3,(H,16,17,19)/t10-/m0/s1. The molecule has 0 aliphatic carbocycles. The Balaban J connectivity index is 1.75. The highest BCUT2D eigenvalue weighted by Gasteiger charge is 2.30. The highest BCUT2D eigenvalue weighted by atomic mass is 32.2. The maximum atomic E-state index is 12.7. The predicted molar refractivity (Wildman–Crippen MR) is 90.7 cm³/mol. The van der Waals surface area contributed by atoms with Crippen LogP contribution in [0.25, 0.3) is 0 Å². The lowest BCUT2D eigenvalue weighted by Gasteiger charge is -2.29. The highest BCUT2D eigenvalue weighted by Crippen LogP contribution is 2.27. The van der Waals surface area contributed by atoms with Gasteiger partial charge in [0.05, 0.1) is 9.77 Å². The molecular formula is C15H19N3O4S2.